The molecule has 0 aliphatic heterocycles. The third-order valence-electron chi connectivity index (χ3n) is 2.95. The van der Waals surface area contributed by atoms with Gasteiger partial charge in [0.05, 0.1) is 5.69 Å². The van der Waals surface area contributed by atoms with Gasteiger partial charge in [-0.3, -0.25) is 4.79 Å². The van der Waals surface area contributed by atoms with Crippen LogP contribution in [0.4, 0.5) is 10.8 Å². The molecule has 1 aromatic carbocycles. The van der Waals surface area contributed by atoms with Gasteiger partial charge in [0.25, 0.3) is 0 Å². The van der Waals surface area contributed by atoms with Crippen molar-refractivity contribution in [1.82, 2.24) is 4.98 Å². The molecule has 0 amide bonds. The highest BCUT2D eigenvalue weighted by molar-refractivity contribution is 7.13. The minimum Gasteiger partial charge on any atom is -0.480 e. The van der Waals surface area contributed by atoms with Gasteiger partial charge in [-0.1, -0.05) is 12.1 Å². The molecular weight excluding hydrogens is 262 g/mol. The molecule has 0 saturated carbocycles. The predicted molar refractivity (Wildman–Crippen MR) is 75.9 cm³/mol. The Hall–Kier alpha value is -1.92. The van der Waals surface area contributed by atoms with Crippen LogP contribution in [0.3, 0.4) is 0 Å². The van der Waals surface area contributed by atoms with E-state index in [2.05, 4.69) is 10.3 Å². The van der Waals surface area contributed by atoms with Crippen LogP contribution in [0.25, 0.3) is 0 Å². The summed E-state index contributed by atoms with van der Waals surface area (Å²) in [5.74, 6) is -1.08. The lowest BCUT2D eigenvalue weighted by atomic mass is 10.1. The Morgan fingerprint density at radius 3 is 2.89 bits per heavy atom. The van der Waals surface area contributed by atoms with Gasteiger partial charge >= 0.3 is 5.97 Å². The first-order chi connectivity index (χ1) is 8.99. The molecule has 1 aromatic heterocycles. The molecule has 100 valence electrons. The van der Waals surface area contributed by atoms with Gasteiger partial charge in [0.1, 0.15) is 6.04 Å². The van der Waals surface area contributed by atoms with Crippen molar-refractivity contribution in [2.45, 2.75) is 19.9 Å². The minimum absolute atomic E-state index is 0.366. The van der Waals surface area contributed by atoms with E-state index in [1.807, 2.05) is 32.0 Å². The van der Waals surface area contributed by atoms with E-state index in [0.29, 0.717) is 10.8 Å². The van der Waals surface area contributed by atoms with Crippen molar-refractivity contribution in [2.75, 3.05) is 5.32 Å². The summed E-state index contributed by atoms with van der Waals surface area (Å²) in [7, 11) is 0. The number of benzene rings is 1. The summed E-state index contributed by atoms with van der Waals surface area (Å²) in [4.78, 5) is 15.0. The molecule has 0 spiro atoms. The lowest BCUT2D eigenvalue weighted by Crippen LogP contribution is -2.20. The molecular formula is C13H15N3O2S. The number of hydrogen-bond donors (Lipinski definition) is 3. The number of aliphatic carboxylic acids is 1. The molecule has 0 saturated heterocycles. The van der Waals surface area contributed by atoms with Crippen LogP contribution in [0.5, 0.6) is 0 Å². The van der Waals surface area contributed by atoms with E-state index in [9.17, 15) is 4.79 Å². The molecule has 19 heavy (non-hydrogen) atoms. The maximum absolute atomic E-state index is 10.8. The zero-order valence-electron chi connectivity index (χ0n) is 10.7. The fraction of sp³-hybridized carbons (Fsp3) is 0.231. The number of thiazole rings is 1. The van der Waals surface area contributed by atoms with E-state index in [1.54, 1.807) is 5.38 Å². The molecule has 2 aromatic rings. The third-order valence-corrected chi connectivity index (χ3v) is 3.73. The van der Waals surface area contributed by atoms with E-state index >= 15 is 0 Å². The van der Waals surface area contributed by atoms with Crippen LogP contribution in [-0.2, 0) is 4.79 Å². The molecule has 0 radical (unpaired) electrons. The SMILES string of the molecule is Cc1cccc(Nc2nc(C(N)C(=O)O)cs2)c1C. The summed E-state index contributed by atoms with van der Waals surface area (Å²) in [6.07, 6.45) is 0. The molecule has 1 heterocycles. The van der Waals surface area contributed by atoms with Gasteiger partial charge in [0.2, 0.25) is 0 Å². The van der Waals surface area contributed by atoms with Crippen LogP contribution >= 0.6 is 11.3 Å². The van der Waals surface area contributed by atoms with Crippen molar-refractivity contribution in [2.24, 2.45) is 5.73 Å². The first-order valence-electron chi connectivity index (χ1n) is 5.76. The number of carboxylic acid groups (broad SMARTS) is 1. The first kappa shape index (κ1) is 13.5. The highest BCUT2D eigenvalue weighted by Gasteiger charge is 2.17. The van der Waals surface area contributed by atoms with Gasteiger partial charge < -0.3 is 16.2 Å². The molecule has 0 fully saturated rings. The zero-order valence-corrected chi connectivity index (χ0v) is 11.5. The second kappa shape index (κ2) is 5.38. The number of carboxylic acids is 1. The van der Waals surface area contributed by atoms with Crippen LogP contribution < -0.4 is 11.1 Å². The van der Waals surface area contributed by atoms with E-state index in [1.165, 1.54) is 16.9 Å². The van der Waals surface area contributed by atoms with E-state index in [4.69, 9.17) is 10.8 Å². The Balaban J connectivity index is 2.20. The van der Waals surface area contributed by atoms with Crippen LogP contribution in [0.1, 0.15) is 22.9 Å². The number of carbonyl (C=O) groups is 1. The highest BCUT2D eigenvalue weighted by Crippen LogP contribution is 2.26. The number of rotatable bonds is 4. The van der Waals surface area contributed by atoms with Gasteiger partial charge in [-0.15, -0.1) is 11.3 Å². The molecule has 4 N–H and O–H groups in total. The maximum atomic E-state index is 10.8. The van der Waals surface area contributed by atoms with Gasteiger partial charge in [0, 0.05) is 11.1 Å². The van der Waals surface area contributed by atoms with Crippen LogP contribution in [0.15, 0.2) is 23.6 Å². The fourth-order valence-electron chi connectivity index (χ4n) is 1.61. The molecule has 0 bridgehead atoms. The summed E-state index contributed by atoms with van der Waals surface area (Å²) in [5.41, 5.74) is 9.17. The van der Waals surface area contributed by atoms with Gasteiger partial charge in [-0.2, -0.15) is 0 Å². The molecule has 1 unspecified atom stereocenters. The number of anilines is 2. The molecule has 5 nitrogen and oxygen atoms in total. The number of nitrogens with two attached hydrogens (primary N) is 1. The largest absolute Gasteiger partial charge is 0.480 e. The topological polar surface area (TPSA) is 88.2 Å². The number of nitrogens with zero attached hydrogens (tertiary/aromatic N) is 1. The molecule has 0 aliphatic carbocycles. The Morgan fingerprint density at radius 1 is 1.47 bits per heavy atom. The number of nitrogens with one attached hydrogen (secondary N) is 1. The van der Waals surface area contributed by atoms with Crippen LogP contribution in [-0.4, -0.2) is 16.1 Å². The first-order valence-corrected chi connectivity index (χ1v) is 6.64. The Morgan fingerprint density at radius 2 is 2.21 bits per heavy atom. The zero-order chi connectivity index (χ0) is 14.0. The van der Waals surface area contributed by atoms with Crippen molar-refractivity contribution >= 4 is 28.1 Å². The van der Waals surface area contributed by atoms with E-state index in [0.717, 1.165) is 11.3 Å². The number of aromatic nitrogens is 1. The summed E-state index contributed by atoms with van der Waals surface area (Å²) >= 11 is 1.34. The quantitative estimate of drug-likeness (QED) is 0.799. The molecule has 2 rings (SSSR count). The van der Waals surface area contributed by atoms with E-state index in [-0.39, 0.29) is 0 Å². The summed E-state index contributed by atoms with van der Waals surface area (Å²) < 4.78 is 0. The fourth-order valence-corrected chi connectivity index (χ4v) is 2.37. The average Bonchev–Trinajstić information content (AvgIpc) is 2.82. The van der Waals surface area contributed by atoms with Crippen molar-refractivity contribution in [3.63, 3.8) is 0 Å². The van der Waals surface area contributed by atoms with Gasteiger partial charge in [0.15, 0.2) is 5.13 Å². The second-order valence-corrected chi connectivity index (χ2v) is 5.12. The normalized spacial score (nSPS) is 12.2. The predicted octanol–water partition coefficient (Wildman–Crippen LogP) is 2.59. The van der Waals surface area contributed by atoms with Crippen LogP contribution in [0, 0.1) is 13.8 Å². The Labute approximate surface area is 115 Å². The second-order valence-electron chi connectivity index (χ2n) is 4.27. The monoisotopic (exact) mass is 277 g/mol. The Bertz CT molecular complexity index is 610. The van der Waals surface area contributed by atoms with Crippen molar-refractivity contribution in [1.29, 1.82) is 0 Å². The molecule has 6 heteroatoms. The van der Waals surface area contributed by atoms with Crippen molar-refractivity contribution < 1.29 is 9.90 Å². The average molecular weight is 277 g/mol. The molecule has 1 atom stereocenters. The Kier molecular flexibility index (Phi) is 3.82. The summed E-state index contributed by atoms with van der Waals surface area (Å²) in [5, 5.41) is 14.3. The lowest BCUT2D eigenvalue weighted by Gasteiger charge is -2.08. The maximum Gasteiger partial charge on any atom is 0.326 e. The van der Waals surface area contributed by atoms with Crippen molar-refractivity contribution in [3.8, 4) is 0 Å². The summed E-state index contributed by atoms with van der Waals surface area (Å²) in [6, 6.07) is 4.88. The number of hydrogen-bond acceptors (Lipinski definition) is 5. The minimum atomic E-state index is -1.08. The summed E-state index contributed by atoms with van der Waals surface area (Å²) in [6.45, 7) is 4.06. The lowest BCUT2D eigenvalue weighted by molar-refractivity contribution is -0.138. The molecule has 0 aliphatic rings. The number of aryl methyl sites for hydroxylation is 1. The van der Waals surface area contributed by atoms with Gasteiger partial charge in [-0.05, 0) is 31.0 Å². The van der Waals surface area contributed by atoms with E-state index < -0.39 is 12.0 Å². The standard InChI is InChI=1S/C13H15N3O2S/c1-7-4-3-5-9(8(7)2)15-13-16-10(6-19-13)11(14)12(17)18/h3-6,11H,14H2,1-2H3,(H,15,16)(H,17,18). The smallest absolute Gasteiger partial charge is 0.326 e. The van der Waals surface area contributed by atoms with Gasteiger partial charge in [-0.25, -0.2) is 4.98 Å². The third kappa shape index (κ3) is 2.91. The van der Waals surface area contributed by atoms with Crippen molar-refractivity contribution in [3.05, 3.63) is 40.4 Å². The highest BCUT2D eigenvalue weighted by atomic mass is 32.1. The van der Waals surface area contributed by atoms with Crippen LogP contribution in [0.2, 0.25) is 0 Å².